The van der Waals surface area contributed by atoms with Crippen LogP contribution in [0, 0.1) is 5.41 Å². The number of nitrogens with zero attached hydrogens (tertiary/aromatic N) is 3. The molecule has 0 radical (unpaired) electrons. The molecule has 2 aliphatic heterocycles. The van der Waals surface area contributed by atoms with Crippen LogP contribution >= 0.6 is 11.8 Å². The van der Waals surface area contributed by atoms with Crippen molar-refractivity contribution in [3.05, 3.63) is 54.4 Å². The van der Waals surface area contributed by atoms with E-state index in [2.05, 4.69) is 46.8 Å². The number of aromatic nitrogens is 2. The van der Waals surface area contributed by atoms with Crippen molar-refractivity contribution in [3.8, 4) is 11.1 Å². The summed E-state index contributed by atoms with van der Waals surface area (Å²) in [6.45, 7) is 3.73. The van der Waals surface area contributed by atoms with E-state index in [0.717, 1.165) is 78.2 Å². The first-order valence-electron chi connectivity index (χ1n) is 12.1. The molecule has 4 heterocycles. The predicted molar refractivity (Wildman–Crippen MR) is 143 cm³/mol. The highest BCUT2D eigenvalue weighted by Gasteiger charge is 2.21. The summed E-state index contributed by atoms with van der Waals surface area (Å²) in [4.78, 5) is 13.4. The molecule has 0 saturated carbocycles. The van der Waals surface area contributed by atoms with Gasteiger partial charge in [-0.2, -0.15) is 0 Å². The number of nitrogens with one attached hydrogen (secondary N) is 2. The van der Waals surface area contributed by atoms with Gasteiger partial charge in [0, 0.05) is 42.4 Å². The summed E-state index contributed by atoms with van der Waals surface area (Å²) >= 11 is 1.74. The van der Waals surface area contributed by atoms with Crippen LogP contribution in [0.5, 0.6) is 0 Å². The van der Waals surface area contributed by atoms with Crippen molar-refractivity contribution in [2.24, 2.45) is 0 Å². The molecule has 3 aromatic rings. The molecule has 1 aromatic carbocycles. The van der Waals surface area contributed by atoms with Crippen LogP contribution in [0.3, 0.4) is 0 Å². The first-order valence-corrected chi connectivity index (χ1v) is 13.4. The number of hydrogen-bond acceptors (Lipinski definition) is 8. The molecule has 0 aliphatic carbocycles. The highest BCUT2D eigenvalue weighted by atomic mass is 32.2. The summed E-state index contributed by atoms with van der Waals surface area (Å²) in [7, 11) is 0. The van der Waals surface area contributed by atoms with Gasteiger partial charge < -0.3 is 25.1 Å². The minimum Gasteiger partial charge on any atom is -0.378 e. The fourth-order valence-electron chi connectivity index (χ4n) is 4.61. The van der Waals surface area contributed by atoms with Crippen LogP contribution in [0.4, 0.5) is 5.82 Å². The molecule has 2 aromatic heterocycles. The van der Waals surface area contributed by atoms with E-state index >= 15 is 0 Å². The Morgan fingerprint density at radius 2 is 1.97 bits per heavy atom. The van der Waals surface area contributed by atoms with Crippen molar-refractivity contribution < 1.29 is 9.47 Å². The Labute approximate surface area is 210 Å². The van der Waals surface area contributed by atoms with Crippen molar-refractivity contribution in [2.75, 3.05) is 44.1 Å². The van der Waals surface area contributed by atoms with Gasteiger partial charge in [0.2, 0.25) is 0 Å². The lowest BCUT2D eigenvalue weighted by Gasteiger charge is -2.29. The van der Waals surface area contributed by atoms with Crippen LogP contribution in [-0.4, -0.2) is 61.6 Å². The van der Waals surface area contributed by atoms with E-state index in [0.29, 0.717) is 13.2 Å². The van der Waals surface area contributed by atoms with Crippen molar-refractivity contribution in [3.63, 3.8) is 0 Å². The van der Waals surface area contributed by atoms with Crippen LogP contribution in [0.15, 0.2) is 53.6 Å². The highest BCUT2D eigenvalue weighted by Crippen LogP contribution is 2.35. The van der Waals surface area contributed by atoms with Gasteiger partial charge in [0.15, 0.2) is 0 Å². The number of allylic oxidation sites excluding steroid dienone is 1. The number of rotatable bonds is 7. The maximum absolute atomic E-state index is 7.77. The molecule has 0 spiro atoms. The van der Waals surface area contributed by atoms with Gasteiger partial charge in [0.25, 0.3) is 0 Å². The first-order chi connectivity index (χ1) is 17.3. The fraction of sp³-hybridized carbons (Fsp3) is 0.370. The van der Waals surface area contributed by atoms with Crippen LogP contribution in [0.2, 0.25) is 0 Å². The molecule has 1 unspecified atom stereocenters. The molecule has 2 aliphatic rings. The number of pyridine rings is 2. The zero-order chi connectivity index (χ0) is 24.0. The Balaban J connectivity index is 1.65. The summed E-state index contributed by atoms with van der Waals surface area (Å²) in [6, 6.07) is 12.9. The molecule has 8 heteroatoms. The average molecular weight is 490 g/mol. The zero-order valence-corrected chi connectivity index (χ0v) is 20.8. The Kier molecular flexibility index (Phi) is 7.61. The van der Waals surface area contributed by atoms with E-state index in [1.807, 2.05) is 12.3 Å². The lowest BCUT2D eigenvalue weighted by molar-refractivity contribution is 0.00530. The lowest BCUT2D eigenvalue weighted by atomic mass is 10.00. The van der Waals surface area contributed by atoms with Crippen molar-refractivity contribution in [1.82, 2.24) is 15.3 Å². The number of hydrogen-bond donors (Lipinski definition) is 2. The number of benzene rings is 1. The number of morpholine rings is 1. The molecule has 35 heavy (non-hydrogen) atoms. The molecular formula is C27H31N5O2S. The van der Waals surface area contributed by atoms with Crippen LogP contribution < -0.4 is 10.2 Å². The van der Waals surface area contributed by atoms with Crippen molar-refractivity contribution in [2.45, 2.75) is 30.4 Å². The molecule has 2 fully saturated rings. The maximum Gasteiger partial charge on any atom is 0.130 e. The van der Waals surface area contributed by atoms with Gasteiger partial charge in [-0.15, -0.1) is 11.8 Å². The van der Waals surface area contributed by atoms with Crippen LogP contribution in [-0.2, 0) is 9.47 Å². The van der Waals surface area contributed by atoms with Crippen molar-refractivity contribution in [1.29, 1.82) is 5.41 Å². The standard InChI is InChI=1S/C27H31N5O2S/c1-35-20-7-5-19(6-8-20)22-18-24(32-13-16-33-17-14-32)31-26-21(22)10-12-29-27(26)23(9-11-28)30-25-4-2-3-15-34-25/h5-12,18,25,28,30H,2-4,13-17H2,1H3/b23-9-,28-11?. The number of thioether (sulfide) groups is 1. The quantitative estimate of drug-likeness (QED) is 0.358. The number of anilines is 1. The molecule has 0 amide bonds. The van der Waals surface area contributed by atoms with Gasteiger partial charge in [-0.3, -0.25) is 4.98 Å². The second-order valence-electron chi connectivity index (χ2n) is 8.66. The number of fused-ring (bicyclic) bond motifs is 1. The van der Waals surface area contributed by atoms with Gasteiger partial charge in [-0.1, -0.05) is 12.1 Å². The Morgan fingerprint density at radius 3 is 2.69 bits per heavy atom. The van der Waals surface area contributed by atoms with E-state index in [9.17, 15) is 0 Å². The Hall–Kier alpha value is -2.94. The highest BCUT2D eigenvalue weighted by molar-refractivity contribution is 7.98. The van der Waals surface area contributed by atoms with E-state index in [4.69, 9.17) is 24.9 Å². The third-order valence-corrected chi connectivity index (χ3v) is 7.20. The molecule has 2 saturated heterocycles. The normalized spacial score (nSPS) is 19.1. The summed E-state index contributed by atoms with van der Waals surface area (Å²) in [5, 5.41) is 12.3. The summed E-state index contributed by atoms with van der Waals surface area (Å²) in [6.07, 6.45) is 9.99. The monoisotopic (exact) mass is 489 g/mol. The van der Waals surface area contributed by atoms with Gasteiger partial charge in [-0.25, -0.2) is 4.98 Å². The molecular weight excluding hydrogens is 458 g/mol. The number of ether oxygens (including phenoxy) is 2. The molecule has 2 N–H and O–H groups in total. The predicted octanol–water partition coefficient (Wildman–Crippen LogP) is 4.96. The Morgan fingerprint density at radius 1 is 1.14 bits per heavy atom. The largest absolute Gasteiger partial charge is 0.378 e. The average Bonchev–Trinajstić information content (AvgIpc) is 2.93. The minimum atomic E-state index is -0.0898. The minimum absolute atomic E-state index is 0.0898. The van der Waals surface area contributed by atoms with E-state index in [1.54, 1.807) is 17.8 Å². The third-order valence-electron chi connectivity index (χ3n) is 6.45. The van der Waals surface area contributed by atoms with Gasteiger partial charge >= 0.3 is 0 Å². The third kappa shape index (κ3) is 5.34. The molecule has 5 rings (SSSR count). The second kappa shape index (κ2) is 11.2. The molecule has 182 valence electrons. The molecule has 0 bridgehead atoms. The SMILES string of the molecule is CSc1ccc(-c2cc(N3CCOCC3)nc3c(/C(=C/C=N)NC4CCCCO4)nccc23)cc1. The van der Waals surface area contributed by atoms with Gasteiger partial charge in [0.05, 0.1) is 18.9 Å². The topological polar surface area (TPSA) is 83.4 Å². The first kappa shape index (κ1) is 23.8. The summed E-state index contributed by atoms with van der Waals surface area (Å²) in [5.41, 5.74) is 4.57. The smallest absolute Gasteiger partial charge is 0.130 e. The Bertz CT molecular complexity index is 1200. The van der Waals surface area contributed by atoms with Crippen LogP contribution in [0.25, 0.3) is 27.7 Å². The van der Waals surface area contributed by atoms with Gasteiger partial charge in [-0.05, 0) is 67.0 Å². The van der Waals surface area contributed by atoms with E-state index in [1.165, 1.54) is 11.1 Å². The maximum atomic E-state index is 7.77. The molecule has 7 nitrogen and oxygen atoms in total. The van der Waals surface area contributed by atoms with E-state index in [-0.39, 0.29) is 6.23 Å². The van der Waals surface area contributed by atoms with Crippen molar-refractivity contribution >= 4 is 40.4 Å². The zero-order valence-electron chi connectivity index (χ0n) is 20.0. The lowest BCUT2D eigenvalue weighted by Crippen LogP contribution is -2.36. The van der Waals surface area contributed by atoms with E-state index < -0.39 is 0 Å². The second-order valence-corrected chi connectivity index (χ2v) is 9.54. The summed E-state index contributed by atoms with van der Waals surface area (Å²) < 4.78 is 11.5. The van der Waals surface area contributed by atoms with Gasteiger partial charge in [0.1, 0.15) is 23.3 Å². The fourth-order valence-corrected chi connectivity index (χ4v) is 5.01. The summed E-state index contributed by atoms with van der Waals surface area (Å²) in [5.74, 6) is 0.919. The molecule has 1 atom stereocenters. The van der Waals surface area contributed by atoms with Crippen LogP contribution in [0.1, 0.15) is 25.0 Å².